The number of hydrogen-bond donors (Lipinski definition) is 2. The summed E-state index contributed by atoms with van der Waals surface area (Å²) in [5.74, 6) is 0.0132. The first-order chi connectivity index (χ1) is 4.81. The van der Waals surface area contributed by atoms with Gasteiger partial charge in [-0.25, -0.2) is 0 Å². The molecule has 0 bridgehead atoms. The smallest absolute Gasteiger partial charge is 0.132 e. The minimum Gasteiger partial charge on any atom is -1.00 e. The van der Waals surface area contributed by atoms with Crippen LogP contribution in [0.15, 0.2) is 0 Å². The molecule has 3 nitrogen and oxygen atoms in total. The summed E-state index contributed by atoms with van der Waals surface area (Å²) in [5.41, 5.74) is 0. The first-order valence-corrected chi connectivity index (χ1v) is 3.94. The highest BCUT2D eigenvalue weighted by atomic mass is 127. The molecule has 0 spiro atoms. The highest BCUT2D eigenvalue weighted by Gasteiger charge is 2.17. The summed E-state index contributed by atoms with van der Waals surface area (Å²) >= 11 is 4.18. The molecule has 12 heavy (non-hydrogen) atoms. The van der Waals surface area contributed by atoms with Crippen LogP contribution in [0.2, 0.25) is 0 Å². The Hall–Kier alpha value is 0.670. The van der Waals surface area contributed by atoms with Crippen LogP contribution in [0, 0.1) is 0 Å². The fourth-order valence-electron chi connectivity index (χ4n) is 0.912. The SMILES string of the molecule is CC(=O)CC(O)C[N+](C)(C)S.[I-]. The number of aliphatic hydroxyl groups excluding tert-OH is 1. The molecular weight excluding hydrogens is 289 g/mol. The van der Waals surface area contributed by atoms with Crippen molar-refractivity contribution >= 4 is 18.6 Å². The average molecular weight is 305 g/mol. The molecule has 0 aliphatic rings. The van der Waals surface area contributed by atoms with E-state index in [2.05, 4.69) is 12.8 Å². The van der Waals surface area contributed by atoms with Gasteiger partial charge in [-0.05, 0) is 6.92 Å². The lowest BCUT2D eigenvalue weighted by atomic mass is 10.2. The van der Waals surface area contributed by atoms with Gasteiger partial charge in [0, 0.05) is 6.42 Å². The maximum Gasteiger partial charge on any atom is 0.132 e. The van der Waals surface area contributed by atoms with Crippen LogP contribution in [-0.4, -0.2) is 41.5 Å². The number of quaternary nitrogens is 1. The minimum atomic E-state index is -0.569. The molecule has 0 aromatic carbocycles. The van der Waals surface area contributed by atoms with Gasteiger partial charge in [0.15, 0.2) is 0 Å². The van der Waals surface area contributed by atoms with Crippen LogP contribution in [0.1, 0.15) is 13.3 Å². The molecule has 5 heteroatoms. The van der Waals surface area contributed by atoms with Gasteiger partial charge in [-0.2, -0.15) is 0 Å². The summed E-state index contributed by atoms with van der Waals surface area (Å²) in [5, 5.41) is 9.27. The highest BCUT2D eigenvalue weighted by molar-refractivity contribution is 7.74. The monoisotopic (exact) mass is 305 g/mol. The number of thiol groups is 1. The summed E-state index contributed by atoms with van der Waals surface area (Å²) < 4.78 is 0.383. The van der Waals surface area contributed by atoms with E-state index in [0.717, 1.165) is 0 Å². The number of hydrogen-bond acceptors (Lipinski definition) is 3. The summed E-state index contributed by atoms with van der Waals surface area (Å²) in [4.78, 5) is 10.5. The third-order valence-electron chi connectivity index (χ3n) is 1.18. The molecule has 0 aromatic rings. The van der Waals surface area contributed by atoms with Crippen molar-refractivity contribution in [1.29, 1.82) is 0 Å². The molecule has 0 saturated carbocycles. The third kappa shape index (κ3) is 10.7. The van der Waals surface area contributed by atoms with Gasteiger partial charge in [0.1, 0.15) is 18.4 Å². The molecule has 0 aliphatic heterocycles. The zero-order valence-electron chi connectivity index (χ0n) is 7.62. The van der Waals surface area contributed by atoms with E-state index in [1.807, 2.05) is 14.1 Å². The number of Topliss-reactive ketones (excluding diaryl/α,β-unsaturated/α-hetero) is 1. The first-order valence-electron chi connectivity index (χ1n) is 3.54. The lowest BCUT2D eigenvalue weighted by Crippen LogP contribution is -3.00. The Bertz CT molecular complexity index is 147. The van der Waals surface area contributed by atoms with E-state index in [1.54, 1.807) is 0 Å². The van der Waals surface area contributed by atoms with E-state index in [4.69, 9.17) is 0 Å². The Kier molecular flexibility index (Phi) is 7.80. The maximum atomic E-state index is 10.5. The van der Waals surface area contributed by atoms with E-state index >= 15 is 0 Å². The van der Waals surface area contributed by atoms with Gasteiger partial charge in [-0.3, -0.25) is 8.68 Å². The molecule has 0 aromatic heterocycles. The molecule has 1 atom stereocenters. The molecule has 0 saturated heterocycles. The molecule has 0 amide bonds. The van der Waals surface area contributed by atoms with Crippen molar-refractivity contribution in [3.8, 4) is 0 Å². The van der Waals surface area contributed by atoms with Crippen molar-refractivity contribution in [2.45, 2.75) is 19.4 Å². The molecule has 0 radical (unpaired) electrons. The van der Waals surface area contributed by atoms with Gasteiger partial charge in [0.2, 0.25) is 0 Å². The quantitative estimate of drug-likeness (QED) is 0.336. The minimum absolute atomic E-state index is 0. The lowest BCUT2D eigenvalue weighted by Gasteiger charge is -2.23. The van der Waals surface area contributed by atoms with Crippen LogP contribution < -0.4 is 24.0 Å². The number of halogens is 1. The Morgan fingerprint density at radius 2 is 2.00 bits per heavy atom. The van der Waals surface area contributed by atoms with E-state index < -0.39 is 6.10 Å². The second-order valence-corrected chi connectivity index (χ2v) is 4.45. The zero-order valence-corrected chi connectivity index (χ0v) is 10.7. The van der Waals surface area contributed by atoms with Crippen molar-refractivity contribution in [2.24, 2.45) is 0 Å². The van der Waals surface area contributed by atoms with Gasteiger partial charge >= 0.3 is 0 Å². The summed E-state index contributed by atoms with van der Waals surface area (Å²) in [6.07, 6.45) is -0.345. The van der Waals surface area contributed by atoms with Crippen molar-refractivity contribution < 1.29 is 37.8 Å². The number of carbonyl (C=O) groups is 1. The molecular formula is C7H16INO2S. The Labute approximate surface area is 96.3 Å². The van der Waals surface area contributed by atoms with E-state index in [1.165, 1.54) is 6.92 Å². The largest absolute Gasteiger partial charge is 1.00 e. The van der Waals surface area contributed by atoms with Gasteiger partial charge in [-0.1, -0.05) is 0 Å². The molecule has 1 unspecified atom stereocenters. The predicted octanol–water partition coefficient (Wildman–Crippen LogP) is -2.75. The van der Waals surface area contributed by atoms with Crippen LogP contribution in [-0.2, 0) is 4.79 Å². The molecule has 0 heterocycles. The Balaban J connectivity index is 0. The first kappa shape index (κ1) is 15.2. The number of ketones is 1. The van der Waals surface area contributed by atoms with Crippen LogP contribution in [0.3, 0.4) is 0 Å². The lowest BCUT2D eigenvalue weighted by molar-refractivity contribution is -0.751. The third-order valence-corrected chi connectivity index (χ3v) is 1.34. The van der Waals surface area contributed by atoms with Crippen molar-refractivity contribution in [2.75, 3.05) is 20.6 Å². The zero-order chi connectivity index (χ0) is 9.07. The van der Waals surface area contributed by atoms with E-state index in [0.29, 0.717) is 10.4 Å². The number of carbonyl (C=O) groups excluding carboxylic acids is 1. The maximum absolute atomic E-state index is 10.5. The Morgan fingerprint density at radius 3 is 2.25 bits per heavy atom. The topological polar surface area (TPSA) is 37.3 Å². The summed E-state index contributed by atoms with van der Waals surface area (Å²) in [6.45, 7) is 1.96. The number of likely N-dealkylation sites (N-methyl/N-ethyl adjacent to an activating group) is 1. The average Bonchev–Trinajstić information content (AvgIpc) is 1.53. The molecule has 0 rings (SSSR count). The normalized spacial score (nSPS) is 13.4. The molecule has 0 aliphatic carbocycles. The van der Waals surface area contributed by atoms with Gasteiger partial charge in [0.25, 0.3) is 0 Å². The fraction of sp³-hybridized carbons (Fsp3) is 0.857. The molecule has 1 N–H and O–H groups in total. The molecule has 0 fully saturated rings. The van der Waals surface area contributed by atoms with Gasteiger partial charge in [-0.15, -0.1) is 0 Å². The van der Waals surface area contributed by atoms with E-state index in [9.17, 15) is 9.90 Å². The number of aliphatic hydroxyl groups is 1. The van der Waals surface area contributed by atoms with Crippen LogP contribution in [0.5, 0.6) is 0 Å². The number of rotatable bonds is 4. The van der Waals surface area contributed by atoms with Crippen LogP contribution in [0.25, 0.3) is 0 Å². The highest BCUT2D eigenvalue weighted by Crippen LogP contribution is 2.05. The standard InChI is InChI=1S/C7H16NO2S.HI/c1-6(9)4-7(10)5-8(2,3)11;/h7,10-11H,4-5H2,1-3H3;1H/q+1;/p-1. The van der Waals surface area contributed by atoms with Crippen LogP contribution >= 0.6 is 12.8 Å². The van der Waals surface area contributed by atoms with Gasteiger partial charge < -0.3 is 29.1 Å². The second-order valence-electron chi connectivity index (χ2n) is 3.36. The second kappa shape index (κ2) is 6.17. The fourth-order valence-corrected chi connectivity index (χ4v) is 1.10. The molecule has 74 valence electrons. The van der Waals surface area contributed by atoms with E-state index in [-0.39, 0.29) is 36.2 Å². The predicted molar refractivity (Wildman–Crippen MR) is 47.3 cm³/mol. The number of nitrogens with zero attached hydrogens (tertiary/aromatic N) is 1. The van der Waals surface area contributed by atoms with Crippen molar-refractivity contribution in [1.82, 2.24) is 0 Å². The summed E-state index contributed by atoms with van der Waals surface area (Å²) in [7, 11) is 3.71. The van der Waals surface area contributed by atoms with Crippen molar-refractivity contribution in [3.05, 3.63) is 0 Å². The summed E-state index contributed by atoms with van der Waals surface area (Å²) in [6, 6.07) is 0. The van der Waals surface area contributed by atoms with Gasteiger partial charge in [0.05, 0.1) is 26.9 Å². The van der Waals surface area contributed by atoms with Crippen LogP contribution in [0.4, 0.5) is 0 Å². The van der Waals surface area contributed by atoms with Crippen molar-refractivity contribution in [3.63, 3.8) is 0 Å². The Morgan fingerprint density at radius 1 is 1.58 bits per heavy atom.